The van der Waals surface area contributed by atoms with Crippen molar-refractivity contribution in [3.63, 3.8) is 0 Å². The Morgan fingerprint density at radius 3 is 0.875 bits per heavy atom. The molecule has 24 heavy (non-hydrogen) atoms. The molecule has 4 N–H and O–H groups in total. The van der Waals surface area contributed by atoms with Crippen molar-refractivity contribution in [2.24, 2.45) is 0 Å². The zero-order chi connectivity index (χ0) is 19.7. The SMILES string of the molecule is CC[NH+](CC)CC.CC[NH+](CC)CC.O=C([O-])[C@H](O)[C@@H](O)C(=O)[O-]. The predicted molar refractivity (Wildman–Crippen MR) is 87.2 cm³/mol. The van der Waals surface area contributed by atoms with E-state index in [4.69, 9.17) is 10.2 Å². The van der Waals surface area contributed by atoms with Gasteiger partial charge in [-0.3, -0.25) is 0 Å². The summed E-state index contributed by atoms with van der Waals surface area (Å²) in [4.78, 5) is 22.6. The van der Waals surface area contributed by atoms with Crippen LogP contribution < -0.4 is 20.0 Å². The Balaban J connectivity index is -0.000000283. The lowest BCUT2D eigenvalue weighted by molar-refractivity contribution is -0.894. The van der Waals surface area contributed by atoms with Crippen molar-refractivity contribution in [1.82, 2.24) is 0 Å². The average molecular weight is 352 g/mol. The Kier molecular flexibility index (Phi) is 20.9. The summed E-state index contributed by atoms with van der Waals surface area (Å²) in [6.07, 6.45) is -4.88. The summed E-state index contributed by atoms with van der Waals surface area (Å²) in [6.45, 7) is 21.0. The van der Waals surface area contributed by atoms with Crippen LogP contribution in [0.2, 0.25) is 0 Å². The number of carboxylic acid groups (broad SMARTS) is 2. The molecule has 0 aromatic rings. The number of carboxylic acids is 2. The van der Waals surface area contributed by atoms with Gasteiger partial charge in [-0.2, -0.15) is 0 Å². The van der Waals surface area contributed by atoms with Crippen molar-refractivity contribution in [3.05, 3.63) is 0 Å². The fourth-order valence-corrected chi connectivity index (χ4v) is 1.76. The molecule has 0 rings (SSSR count). The standard InChI is InChI=1S/2C6H15N.C4H6O6/c2*1-4-7(5-2)6-3;5-1(3(7)8)2(6)4(9)10/h2*4-6H2,1-3H3;1-2,5-6H,(H,7,8)(H,9,10)/t;;1-,2-/m..1/s1. The third-order valence-electron chi connectivity index (χ3n) is 3.78. The van der Waals surface area contributed by atoms with Crippen LogP contribution in [0.4, 0.5) is 0 Å². The monoisotopic (exact) mass is 352 g/mol. The van der Waals surface area contributed by atoms with Crippen LogP contribution in [-0.2, 0) is 9.59 Å². The second-order valence-electron chi connectivity index (χ2n) is 5.15. The molecule has 146 valence electrons. The number of nitrogens with one attached hydrogen (secondary N) is 2. The fraction of sp³-hybridized carbons (Fsp3) is 0.875. The molecule has 0 radical (unpaired) electrons. The van der Waals surface area contributed by atoms with Gasteiger partial charge in [0.25, 0.3) is 0 Å². The maximum Gasteiger partial charge on any atom is 0.124 e. The zero-order valence-corrected chi connectivity index (χ0v) is 15.9. The van der Waals surface area contributed by atoms with E-state index < -0.39 is 24.1 Å². The number of quaternary nitrogens is 2. The molecule has 0 aromatic carbocycles. The Hall–Kier alpha value is -1.22. The van der Waals surface area contributed by atoms with E-state index in [1.165, 1.54) is 39.3 Å². The minimum atomic E-state index is -2.44. The van der Waals surface area contributed by atoms with Crippen LogP contribution in [0.3, 0.4) is 0 Å². The van der Waals surface area contributed by atoms with Crippen molar-refractivity contribution in [2.75, 3.05) is 39.3 Å². The highest BCUT2D eigenvalue weighted by molar-refractivity contribution is 5.80. The molecule has 0 aliphatic rings. The molecule has 0 saturated heterocycles. The zero-order valence-electron chi connectivity index (χ0n) is 15.9. The summed E-state index contributed by atoms with van der Waals surface area (Å²) in [7, 11) is 0. The highest BCUT2D eigenvalue weighted by Crippen LogP contribution is 1.88. The maximum atomic E-state index is 9.63. The molecule has 8 nitrogen and oxygen atoms in total. The van der Waals surface area contributed by atoms with E-state index in [9.17, 15) is 19.8 Å². The molecule has 0 saturated carbocycles. The predicted octanol–water partition coefficient (Wildman–Crippen LogP) is -4.93. The van der Waals surface area contributed by atoms with E-state index in [2.05, 4.69) is 41.5 Å². The normalized spacial score (nSPS) is 12.6. The highest BCUT2D eigenvalue weighted by Gasteiger charge is 2.17. The van der Waals surface area contributed by atoms with Crippen LogP contribution in [0.5, 0.6) is 0 Å². The van der Waals surface area contributed by atoms with E-state index >= 15 is 0 Å². The smallest absolute Gasteiger partial charge is 0.124 e. The van der Waals surface area contributed by atoms with Gasteiger partial charge >= 0.3 is 0 Å². The number of hydrogen-bond donors (Lipinski definition) is 4. The molecule has 0 amide bonds. The summed E-state index contributed by atoms with van der Waals surface area (Å²) in [5.41, 5.74) is 0. The number of aliphatic hydroxyl groups is 2. The quantitative estimate of drug-likeness (QED) is 0.329. The van der Waals surface area contributed by atoms with Gasteiger partial charge in [-0.1, -0.05) is 0 Å². The Bertz CT molecular complexity index is 266. The van der Waals surface area contributed by atoms with Gasteiger partial charge in [0.1, 0.15) is 12.2 Å². The number of aliphatic carboxylic acids is 2. The number of rotatable bonds is 9. The second kappa shape index (κ2) is 18.1. The Labute approximate surface area is 145 Å². The first-order valence-electron chi connectivity index (χ1n) is 8.61. The van der Waals surface area contributed by atoms with Crippen molar-refractivity contribution in [3.8, 4) is 0 Å². The summed E-state index contributed by atoms with van der Waals surface area (Å²) in [6, 6.07) is 0. The minimum absolute atomic E-state index is 1.27. The second-order valence-corrected chi connectivity index (χ2v) is 5.15. The molecule has 0 aliphatic carbocycles. The Morgan fingerprint density at radius 2 is 0.833 bits per heavy atom. The van der Waals surface area contributed by atoms with E-state index in [0.717, 1.165) is 0 Å². The summed E-state index contributed by atoms with van der Waals surface area (Å²) < 4.78 is 0. The molecular formula is C16H36N2O6. The van der Waals surface area contributed by atoms with Gasteiger partial charge in [-0.05, 0) is 41.5 Å². The van der Waals surface area contributed by atoms with Gasteiger partial charge in [0.05, 0.1) is 51.2 Å². The molecule has 0 spiro atoms. The van der Waals surface area contributed by atoms with Crippen LogP contribution in [0, 0.1) is 0 Å². The molecule has 2 atom stereocenters. The van der Waals surface area contributed by atoms with Crippen molar-refractivity contribution >= 4 is 11.9 Å². The lowest BCUT2D eigenvalue weighted by atomic mass is 10.2. The lowest BCUT2D eigenvalue weighted by Gasteiger charge is -2.18. The van der Waals surface area contributed by atoms with E-state index in [1.54, 1.807) is 9.80 Å². The van der Waals surface area contributed by atoms with Gasteiger partial charge in [-0.15, -0.1) is 0 Å². The number of carbonyl (C=O) groups excluding carboxylic acids is 2. The first-order valence-corrected chi connectivity index (χ1v) is 8.61. The number of carbonyl (C=O) groups is 2. The van der Waals surface area contributed by atoms with Crippen molar-refractivity contribution < 1.29 is 39.8 Å². The van der Waals surface area contributed by atoms with Gasteiger partial charge in [-0.25, -0.2) is 0 Å². The van der Waals surface area contributed by atoms with Gasteiger partial charge in [0.15, 0.2) is 0 Å². The topological polar surface area (TPSA) is 130 Å². The lowest BCUT2D eigenvalue weighted by Crippen LogP contribution is -3.11. The summed E-state index contributed by atoms with van der Waals surface area (Å²) in [5, 5.41) is 35.7. The summed E-state index contributed by atoms with van der Waals surface area (Å²) >= 11 is 0. The third-order valence-corrected chi connectivity index (χ3v) is 3.78. The maximum absolute atomic E-state index is 9.63. The van der Waals surface area contributed by atoms with E-state index in [1.807, 2.05) is 0 Å². The summed E-state index contributed by atoms with van der Waals surface area (Å²) in [5.74, 6) is -4.12. The van der Waals surface area contributed by atoms with E-state index in [0.29, 0.717) is 0 Å². The van der Waals surface area contributed by atoms with Crippen molar-refractivity contribution in [2.45, 2.75) is 53.8 Å². The molecule has 0 aromatic heterocycles. The van der Waals surface area contributed by atoms with Gasteiger partial charge in [0.2, 0.25) is 0 Å². The number of hydrogen-bond acceptors (Lipinski definition) is 6. The molecular weight excluding hydrogens is 316 g/mol. The molecule has 0 unspecified atom stereocenters. The fourth-order valence-electron chi connectivity index (χ4n) is 1.76. The average Bonchev–Trinajstić information content (AvgIpc) is 2.57. The Morgan fingerprint density at radius 1 is 0.667 bits per heavy atom. The van der Waals surface area contributed by atoms with Crippen LogP contribution in [-0.4, -0.2) is 73.6 Å². The van der Waals surface area contributed by atoms with Crippen LogP contribution in [0.1, 0.15) is 41.5 Å². The van der Waals surface area contributed by atoms with Gasteiger partial charge in [0, 0.05) is 0 Å². The first-order chi connectivity index (χ1) is 11.2. The van der Waals surface area contributed by atoms with Crippen LogP contribution in [0.15, 0.2) is 0 Å². The third kappa shape index (κ3) is 15.7. The van der Waals surface area contributed by atoms with Crippen LogP contribution >= 0.6 is 0 Å². The molecule has 0 fully saturated rings. The molecule has 0 aliphatic heterocycles. The first kappa shape index (κ1) is 27.6. The molecule has 8 heteroatoms. The minimum Gasteiger partial charge on any atom is -0.547 e. The highest BCUT2D eigenvalue weighted by atomic mass is 16.4. The number of aliphatic hydroxyl groups excluding tert-OH is 2. The van der Waals surface area contributed by atoms with Gasteiger partial charge < -0.3 is 39.8 Å². The molecule has 0 heterocycles. The van der Waals surface area contributed by atoms with Crippen LogP contribution in [0.25, 0.3) is 0 Å². The molecule has 0 bridgehead atoms. The van der Waals surface area contributed by atoms with Crippen molar-refractivity contribution in [1.29, 1.82) is 0 Å². The largest absolute Gasteiger partial charge is 0.547 e. The van der Waals surface area contributed by atoms with E-state index in [-0.39, 0.29) is 0 Å².